The summed E-state index contributed by atoms with van der Waals surface area (Å²) in [5, 5.41) is 2.85. The highest BCUT2D eigenvalue weighted by atomic mass is 19.1. The molecule has 2 aromatic rings. The van der Waals surface area contributed by atoms with Crippen LogP contribution >= 0.6 is 0 Å². The molecule has 0 radical (unpaired) electrons. The Kier molecular flexibility index (Phi) is 6.93. The predicted octanol–water partition coefficient (Wildman–Crippen LogP) is 2.93. The third kappa shape index (κ3) is 5.17. The van der Waals surface area contributed by atoms with Crippen LogP contribution in [0.3, 0.4) is 0 Å². The van der Waals surface area contributed by atoms with E-state index in [1.54, 1.807) is 12.0 Å². The fraction of sp³-hybridized carbons (Fsp3) is 0.409. The van der Waals surface area contributed by atoms with Crippen LogP contribution in [0.1, 0.15) is 50.9 Å². The highest BCUT2D eigenvalue weighted by molar-refractivity contribution is 5.95. The summed E-state index contributed by atoms with van der Waals surface area (Å²) in [6, 6.07) is 9.26. The zero-order valence-electron chi connectivity index (χ0n) is 16.8. The average molecular weight is 399 g/mol. The van der Waals surface area contributed by atoms with Crippen LogP contribution in [0.25, 0.3) is 0 Å². The topological polar surface area (TPSA) is 71.5 Å². The van der Waals surface area contributed by atoms with Gasteiger partial charge in [-0.1, -0.05) is 0 Å². The number of pyridine rings is 1. The van der Waals surface area contributed by atoms with E-state index in [4.69, 9.17) is 4.74 Å². The lowest BCUT2D eigenvalue weighted by Crippen LogP contribution is -2.38. The van der Waals surface area contributed by atoms with E-state index in [0.717, 1.165) is 24.2 Å². The van der Waals surface area contributed by atoms with Crippen molar-refractivity contribution in [2.75, 3.05) is 33.4 Å². The predicted molar refractivity (Wildman–Crippen MR) is 107 cm³/mol. The number of aromatic nitrogens is 1. The first-order valence-corrected chi connectivity index (χ1v) is 9.79. The number of nitrogens with one attached hydrogen (secondary N) is 1. The van der Waals surface area contributed by atoms with E-state index in [1.807, 2.05) is 19.1 Å². The highest BCUT2D eigenvalue weighted by Gasteiger charge is 2.28. The van der Waals surface area contributed by atoms with Crippen molar-refractivity contribution in [1.82, 2.24) is 15.2 Å². The number of halogens is 1. The normalized spacial score (nSPS) is 14.7. The van der Waals surface area contributed by atoms with Gasteiger partial charge < -0.3 is 15.0 Å². The molecule has 0 spiro atoms. The van der Waals surface area contributed by atoms with Crippen LogP contribution in [0.2, 0.25) is 0 Å². The molecule has 2 amide bonds. The molecule has 1 saturated heterocycles. The van der Waals surface area contributed by atoms with Gasteiger partial charge in [-0.25, -0.2) is 4.39 Å². The zero-order chi connectivity index (χ0) is 20.8. The monoisotopic (exact) mass is 399 g/mol. The van der Waals surface area contributed by atoms with Crippen molar-refractivity contribution in [3.05, 3.63) is 64.7 Å². The molecule has 1 aromatic heterocycles. The Morgan fingerprint density at radius 2 is 1.86 bits per heavy atom. The molecule has 2 heterocycles. The van der Waals surface area contributed by atoms with E-state index >= 15 is 0 Å². The molecule has 1 N–H and O–H groups in total. The van der Waals surface area contributed by atoms with Crippen LogP contribution in [0.5, 0.6) is 0 Å². The van der Waals surface area contributed by atoms with Crippen molar-refractivity contribution in [2.24, 2.45) is 0 Å². The third-order valence-corrected chi connectivity index (χ3v) is 5.16. The minimum Gasteiger partial charge on any atom is -0.383 e. The lowest BCUT2D eigenvalue weighted by atomic mass is 9.89. The Bertz CT molecular complexity index is 862. The summed E-state index contributed by atoms with van der Waals surface area (Å²) in [6.07, 6.45) is 1.45. The van der Waals surface area contributed by atoms with Gasteiger partial charge in [0.05, 0.1) is 17.9 Å². The summed E-state index contributed by atoms with van der Waals surface area (Å²) in [5.41, 5.74) is 2.71. The molecule has 154 valence electrons. The number of hydrogen-bond acceptors (Lipinski definition) is 4. The molecule has 0 bridgehead atoms. The van der Waals surface area contributed by atoms with Gasteiger partial charge in [-0.15, -0.1) is 0 Å². The van der Waals surface area contributed by atoms with Crippen LogP contribution in [0, 0.1) is 12.7 Å². The summed E-state index contributed by atoms with van der Waals surface area (Å²) in [5.74, 6) is -0.509. The minimum absolute atomic E-state index is 0.0989. The van der Waals surface area contributed by atoms with Crippen LogP contribution in [-0.4, -0.2) is 55.0 Å². The molecule has 3 rings (SSSR count). The second kappa shape index (κ2) is 9.60. The minimum atomic E-state index is -0.359. The smallest absolute Gasteiger partial charge is 0.253 e. The largest absolute Gasteiger partial charge is 0.383 e. The van der Waals surface area contributed by atoms with Crippen LogP contribution in [0.15, 0.2) is 36.4 Å². The van der Waals surface area contributed by atoms with Crippen molar-refractivity contribution in [1.29, 1.82) is 0 Å². The number of nitrogens with zero attached hydrogens (tertiary/aromatic N) is 2. The fourth-order valence-corrected chi connectivity index (χ4v) is 3.57. The summed E-state index contributed by atoms with van der Waals surface area (Å²) in [7, 11) is 1.59. The zero-order valence-corrected chi connectivity index (χ0v) is 16.8. The summed E-state index contributed by atoms with van der Waals surface area (Å²) in [6.45, 7) is 3.93. The van der Waals surface area contributed by atoms with E-state index < -0.39 is 0 Å². The molecule has 6 nitrogen and oxygen atoms in total. The maximum atomic E-state index is 13.1. The molecule has 1 aromatic carbocycles. The molecule has 0 unspecified atom stereocenters. The van der Waals surface area contributed by atoms with Gasteiger partial charge in [0, 0.05) is 43.9 Å². The Hall–Kier alpha value is -2.80. The van der Waals surface area contributed by atoms with Gasteiger partial charge in [-0.2, -0.15) is 0 Å². The molecule has 1 aliphatic heterocycles. The summed E-state index contributed by atoms with van der Waals surface area (Å²) < 4.78 is 18.1. The molecular weight excluding hydrogens is 373 g/mol. The van der Waals surface area contributed by atoms with Crippen LogP contribution in [-0.2, 0) is 4.74 Å². The number of hydrogen-bond donors (Lipinski definition) is 1. The van der Waals surface area contributed by atoms with E-state index in [-0.39, 0.29) is 23.5 Å². The van der Waals surface area contributed by atoms with Crippen molar-refractivity contribution in [3.63, 3.8) is 0 Å². The number of likely N-dealkylation sites (tertiary alicyclic amines) is 1. The lowest BCUT2D eigenvalue weighted by Gasteiger charge is -2.32. The first-order chi connectivity index (χ1) is 14.0. The van der Waals surface area contributed by atoms with Crippen LogP contribution in [0.4, 0.5) is 4.39 Å². The van der Waals surface area contributed by atoms with Gasteiger partial charge in [0.15, 0.2) is 0 Å². The number of ether oxygens (including phenoxy) is 1. The number of aryl methyl sites for hydroxylation is 1. The molecule has 1 aliphatic rings. The van der Waals surface area contributed by atoms with E-state index in [0.29, 0.717) is 37.4 Å². The van der Waals surface area contributed by atoms with Gasteiger partial charge in [-0.05, 0) is 56.2 Å². The number of benzene rings is 1. The quantitative estimate of drug-likeness (QED) is 0.758. The standard InChI is InChI=1S/C22H26FN3O3/c1-15-3-8-19(21(27)24-11-14-29-2)20(25-15)16-9-12-26(13-10-16)22(28)17-4-6-18(23)7-5-17/h3-8,16H,9-14H2,1-2H3,(H,24,27). The van der Waals surface area contributed by atoms with Gasteiger partial charge in [-0.3, -0.25) is 14.6 Å². The average Bonchev–Trinajstić information content (AvgIpc) is 2.74. The molecule has 0 atom stereocenters. The highest BCUT2D eigenvalue weighted by Crippen LogP contribution is 2.30. The summed E-state index contributed by atoms with van der Waals surface area (Å²) in [4.78, 5) is 31.6. The fourth-order valence-electron chi connectivity index (χ4n) is 3.57. The molecule has 7 heteroatoms. The van der Waals surface area contributed by atoms with Gasteiger partial charge in [0.1, 0.15) is 5.82 Å². The Morgan fingerprint density at radius 1 is 1.17 bits per heavy atom. The number of carbonyl (C=O) groups excluding carboxylic acids is 2. The number of amides is 2. The molecular formula is C22H26FN3O3. The maximum Gasteiger partial charge on any atom is 0.253 e. The Morgan fingerprint density at radius 3 is 2.52 bits per heavy atom. The molecule has 29 heavy (non-hydrogen) atoms. The first kappa shape index (κ1) is 20.9. The Labute approximate surface area is 170 Å². The van der Waals surface area contributed by atoms with Gasteiger partial charge in [0.2, 0.25) is 0 Å². The number of piperidine rings is 1. The maximum absolute atomic E-state index is 13.1. The van der Waals surface area contributed by atoms with Crippen LogP contribution < -0.4 is 5.32 Å². The third-order valence-electron chi connectivity index (χ3n) is 5.16. The second-order valence-corrected chi connectivity index (χ2v) is 7.21. The second-order valence-electron chi connectivity index (χ2n) is 7.21. The van der Waals surface area contributed by atoms with Gasteiger partial charge >= 0.3 is 0 Å². The first-order valence-electron chi connectivity index (χ1n) is 9.79. The SMILES string of the molecule is COCCNC(=O)c1ccc(C)nc1C1CCN(C(=O)c2ccc(F)cc2)CC1. The summed E-state index contributed by atoms with van der Waals surface area (Å²) >= 11 is 0. The number of carbonyl (C=O) groups is 2. The number of methoxy groups -OCH3 is 1. The van der Waals surface area contributed by atoms with Gasteiger partial charge in [0.25, 0.3) is 11.8 Å². The Balaban J connectivity index is 1.68. The molecule has 0 aliphatic carbocycles. The molecule has 1 fully saturated rings. The molecule has 0 saturated carbocycles. The van der Waals surface area contributed by atoms with Crippen molar-refractivity contribution >= 4 is 11.8 Å². The van der Waals surface area contributed by atoms with E-state index in [1.165, 1.54) is 24.3 Å². The van der Waals surface area contributed by atoms with Crippen molar-refractivity contribution in [2.45, 2.75) is 25.7 Å². The van der Waals surface area contributed by atoms with Crippen molar-refractivity contribution in [3.8, 4) is 0 Å². The van der Waals surface area contributed by atoms with E-state index in [2.05, 4.69) is 10.3 Å². The lowest BCUT2D eigenvalue weighted by molar-refractivity contribution is 0.0710. The number of rotatable bonds is 6. The van der Waals surface area contributed by atoms with Crippen molar-refractivity contribution < 1.29 is 18.7 Å². The van der Waals surface area contributed by atoms with E-state index in [9.17, 15) is 14.0 Å².